The van der Waals surface area contributed by atoms with Gasteiger partial charge in [-0.1, -0.05) is 30.3 Å². The second-order valence-corrected chi connectivity index (χ2v) is 4.31. The number of nitrogens with zero attached hydrogens (tertiary/aromatic N) is 1. The Morgan fingerprint density at radius 2 is 2.06 bits per heavy atom. The van der Waals surface area contributed by atoms with Crippen LogP contribution in [0.1, 0.15) is 24.4 Å². The molecule has 1 saturated heterocycles. The lowest BCUT2D eigenvalue weighted by atomic mass is 10.0. The number of hydrogen-bond donors (Lipinski definition) is 1. The molecule has 0 bridgehead atoms. The summed E-state index contributed by atoms with van der Waals surface area (Å²) in [6, 6.07) is 10.5. The highest BCUT2D eigenvalue weighted by Crippen LogP contribution is 2.23. The van der Waals surface area contributed by atoms with Gasteiger partial charge in [0.2, 0.25) is 5.91 Å². The summed E-state index contributed by atoms with van der Waals surface area (Å²) >= 11 is 0. The first kappa shape index (κ1) is 11.1. The number of hydrogen-bond acceptors (Lipinski definition) is 2. The van der Waals surface area contributed by atoms with Crippen LogP contribution in [-0.2, 0) is 4.79 Å². The van der Waals surface area contributed by atoms with Crippen LogP contribution in [0.4, 0.5) is 0 Å². The first-order valence-electron chi connectivity index (χ1n) is 5.79. The summed E-state index contributed by atoms with van der Waals surface area (Å²) < 4.78 is 0. The normalized spacial score (nSPS) is 23.3. The Bertz CT molecular complexity index is 350. The molecule has 1 unspecified atom stereocenters. The molecule has 16 heavy (non-hydrogen) atoms. The van der Waals surface area contributed by atoms with E-state index in [1.807, 2.05) is 18.2 Å². The van der Waals surface area contributed by atoms with Gasteiger partial charge in [0.25, 0.3) is 0 Å². The molecule has 3 heteroatoms. The van der Waals surface area contributed by atoms with Gasteiger partial charge in [-0.2, -0.15) is 0 Å². The summed E-state index contributed by atoms with van der Waals surface area (Å²) in [5.41, 5.74) is 1.22. The highest BCUT2D eigenvalue weighted by Gasteiger charge is 2.21. The molecular weight excluding hydrogens is 200 g/mol. The summed E-state index contributed by atoms with van der Waals surface area (Å²) in [6.07, 6.45) is 1.58. The summed E-state index contributed by atoms with van der Waals surface area (Å²) in [6.45, 7) is 1.82. The lowest BCUT2D eigenvalue weighted by molar-refractivity contribution is -0.122. The molecule has 1 N–H and O–H groups in total. The van der Waals surface area contributed by atoms with Crippen LogP contribution in [0.2, 0.25) is 0 Å². The van der Waals surface area contributed by atoms with E-state index in [2.05, 4.69) is 29.4 Å². The van der Waals surface area contributed by atoms with Gasteiger partial charge in [-0.25, -0.2) is 0 Å². The molecule has 1 fully saturated rings. The largest absolute Gasteiger partial charge is 0.356 e. The van der Waals surface area contributed by atoms with Crippen molar-refractivity contribution in [3.8, 4) is 0 Å². The number of rotatable bonds is 1. The van der Waals surface area contributed by atoms with E-state index in [0.717, 1.165) is 19.5 Å². The van der Waals surface area contributed by atoms with E-state index >= 15 is 0 Å². The smallest absolute Gasteiger partial charge is 0.221 e. The third kappa shape index (κ3) is 2.61. The minimum absolute atomic E-state index is 0.153. The zero-order valence-electron chi connectivity index (χ0n) is 9.65. The molecule has 0 saturated carbocycles. The van der Waals surface area contributed by atoms with Gasteiger partial charge in [0, 0.05) is 25.6 Å². The molecule has 1 amide bonds. The monoisotopic (exact) mass is 218 g/mol. The topological polar surface area (TPSA) is 32.3 Å². The Morgan fingerprint density at radius 3 is 2.81 bits per heavy atom. The van der Waals surface area contributed by atoms with Crippen molar-refractivity contribution in [2.24, 2.45) is 0 Å². The molecule has 0 spiro atoms. The highest BCUT2D eigenvalue weighted by atomic mass is 16.1. The van der Waals surface area contributed by atoms with Crippen LogP contribution in [0.15, 0.2) is 30.3 Å². The van der Waals surface area contributed by atoms with Gasteiger partial charge in [-0.3, -0.25) is 9.69 Å². The Kier molecular flexibility index (Phi) is 3.57. The lowest BCUT2D eigenvalue weighted by Gasteiger charge is -2.30. The second-order valence-electron chi connectivity index (χ2n) is 4.31. The number of amides is 1. The van der Waals surface area contributed by atoms with Crippen LogP contribution in [0.3, 0.4) is 0 Å². The van der Waals surface area contributed by atoms with Gasteiger partial charge in [0.1, 0.15) is 0 Å². The van der Waals surface area contributed by atoms with Crippen LogP contribution < -0.4 is 5.32 Å². The standard InChI is InChI=1S/C13H18N2O/c1-15-9-5-8-14-13(16)10-12(15)11-6-3-2-4-7-11/h2-4,6-7,12H,5,8-10H2,1H3,(H,14,16). The maximum Gasteiger partial charge on any atom is 0.221 e. The van der Waals surface area contributed by atoms with Crippen LogP contribution in [0.5, 0.6) is 0 Å². The van der Waals surface area contributed by atoms with Gasteiger partial charge in [0.15, 0.2) is 0 Å². The molecule has 1 aliphatic heterocycles. The van der Waals surface area contributed by atoms with Crippen LogP contribution in [0.25, 0.3) is 0 Å². The lowest BCUT2D eigenvalue weighted by Crippen LogP contribution is -2.37. The van der Waals surface area contributed by atoms with Crippen molar-refractivity contribution in [2.75, 3.05) is 20.1 Å². The Morgan fingerprint density at radius 1 is 1.31 bits per heavy atom. The van der Waals surface area contributed by atoms with E-state index in [-0.39, 0.29) is 11.9 Å². The highest BCUT2D eigenvalue weighted by molar-refractivity contribution is 5.76. The number of carbonyl (C=O) groups is 1. The Labute approximate surface area is 96.5 Å². The molecule has 1 heterocycles. The maximum atomic E-state index is 11.6. The van der Waals surface area contributed by atoms with Crippen LogP contribution in [0, 0.1) is 0 Å². The molecule has 1 atom stereocenters. The van der Waals surface area contributed by atoms with E-state index in [9.17, 15) is 4.79 Å². The number of carbonyl (C=O) groups excluding carboxylic acids is 1. The van der Waals surface area contributed by atoms with E-state index in [4.69, 9.17) is 0 Å². The van der Waals surface area contributed by atoms with Crippen molar-refractivity contribution in [3.63, 3.8) is 0 Å². The van der Waals surface area contributed by atoms with Crippen molar-refractivity contribution in [1.82, 2.24) is 10.2 Å². The molecule has 3 nitrogen and oxygen atoms in total. The first-order chi connectivity index (χ1) is 7.77. The molecular formula is C13H18N2O. The minimum Gasteiger partial charge on any atom is -0.356 e. The zero-order chi connectivity index (χ0) is 11.4. The summed E-state index contributed by atoms with van der Waals surface area (Å²) in [5, 5.41) is 2.94. The SMILES string of the molecule is CN1CCCNC(=O)CC1c1ccccc1. The van der Waals surface area contributed by atoms with Gasteiger partial charge in [0.05, 0.1) is 0 Å². The fourth-order valence-electron chi connectivity index (χ4n) is 2.16. The van der Waals surface area contributed by atoms with E-state index < -0.39 is 0 Å². The summed E-state index contributed by atoms with van der Waals surface area (Å²) in [7, 11) is 2.09. The molecule has 1 aromatic rings. The van der Waals surface area contributed by atoms with E-state index in [1.54, 1.807) is 0 Å². The Balaban J connectivity index is 2.18. The van der Waals surface area contributed by atoms with E-state index in [1.165, 1.54) is 5.56 Å². The molecule has 0 aliphatic carbocycles. The predicted molar refractivity (Wildman–Crippen MR) is 64.1 cm³/mol. The molecule has 86 valence electrons. The first-order valence-corrected chi connectivity index (χ1v) is 5.79. The quantitative estimate of drug-likeness (QED) is 0.776. The average molecular weight is 218 g/mol. The van der Waals surface area contributed by atoms with Crippen molar-refractivity contribution >= 4 is 5.91 Å². The number of benzene rings is 1. The van der Waals surface area contributed by atoms with Crippen molar-refractivity contribution in [2.45, 2.75) is 18.9 Å². The molecule has 1 aliphatic rings. The van der Waals surface area contributed by atoms with Crippen molar-refractivity contribution in [3.05, 3.63) is 35.9 Å². The average Bonchev–Trinajstić information content (AvgIpc) is 2.30. The van der Waals surface area contributed by atoms with Gasteiger partial charge in [-0.05, 0) is 19.0 Å². The third-order valence-corrected chi connectivity index (χ3v) is 3.10. The summed E-state index contributed by atoms with van der Waals surface area (Å²) in [5.74, 6) is 0.153. The van der Waals surface area contributed by atoms with Gasteiger partial charge >= 0.3 is 0 Å². The fraction of sp³-hybridized carbons (Fsp3) is 0.462. The number of nitrogens with one attached hydrogen (secondary N) is 1. The van der Waals surface area contributed by atoms with Crippen molar-refractivity contribution < 1.29 is 4.79 Å². The van der Waals surface area contributed by atoms with E-state index in [0.29, 0.717) is 6.42 Å². The molecule has 1 aromatic carbocycles. The van der Waals surface area contributed by atoms with Crippen LogP contribution >= 0.6 is 0 Å². The Hall–Kier alpha value is -1.35. The molecule has 2 rings (SSSR count). The molecule has 0 radical (unpaired) electrons. The molecule has 0 aromatic heterocycles. The fourth-order valence-corrected chi connectivity index (χ4v) is 2.16. The minimum atomic E-state index is 0.153. The van der Waals surface area contributed by atoms with Gasteiger partial charge in [-0.15, -0.1) is 0 Å². The third-order valence-electron chi connectivity index (χ3n) is 3.10. The van der Waals surface area contributed by atoms with Crippen LogP contribution in [-0.4, -0.2) is 30.9 Å². The predicted octanol–water partition coefficient (Wildman–Crippen LogP) is 1.57. The maximum absolute atomic E-state index is 11.6. The van der Waals surface area contributed by atoms with Crippen molar-refractivity contribution in [1.29, 1.82) is 0 Å². The summed E-state index contributed by atoms with van der Waals surface area (Å²) in [4.78, 5) is 13.9. The van der Waals surface area contributed by atoms with Gasteiger partial charge < -0.3 is 5.32 Å². The zero-order valence-corrected chi connectivity index (χ0v) is 9.65. The second kappa shape index (κ2) is 5.12.